The highest BCUT2D eigenvalue weighted by molar-refractivity contribution is 5.72. The van der Waals surface area contributed by atoms with E-state index in [4.69, 9.17) is 4.74 Å². The molecule has 116 valence electrons. The van der Waals surface area contributed by atoms with Crippen LogP contribution in [0, 0.1) is 17.8 Å². The second kappa shape index (κ2) is 8.05. The molecule has 0 bridgehead atoms. The Morgan fingerprint density at radius 2 is 1.50 bits per heavy atom. The fraction of sp³-hybridized carbons (Fsp3) is 0.944. The minimum Gasteiger partial charge on any atom is -0.462 e. The van der Waals surface area contributed by atoms with Gasteiger partial charge in [-0.15, -0.1) is 0 Å². The molecule has 20 heavy (non-hydrogen) atoms. The van der Waals surface area contributed by atoms with Gasteiger partial charge in [-0.05, 0) is 63.2 Å². The normalized spacial score (nSPS) is 34.7. The summed E-state index contributed by atoms with van der Waals surface area (Å²) in [6.07, 6.45) is 13.4. The highest BCUT2D eigenvalue weighted by Gasteiger charge is 2.30. The van der Waals surface area contributed by atoms with Crippen molar-refractivity contribution in [1.29, 1.82) is 0 Å². The molecule has 0 aromatic heterocycles. The number of carbonyl (C=O) groups is 1. The van der Waals surface area contributed by atoms with Crippen molar-refractivity contribution >= 4 is 5.97 Å². The summed E-state index contributed by atoms with van der Waals surface area (Å²) in [4.78, 5) is 12.2. The molecule has 0 atom stereocenters. The Labute approximate surface area is 124 Å². The molecule has 2 heteroatoms. The molecule has 0 aromatic carbocycles. The standard InChI is InChI=1S/C18H32O2/c1-3-5-15-8-12-17(13-9-15)20-18(19)16-10-6-14(4-2)7-11-16/h14-17H,3-13H2,1-2H3. The lowest BCUT2D eigenvalue weighted by atomic mass is 9.80. The SMILES string of the molecule is CCCC1CCC(OC(=O)C2CCC(CC)CC2)CC1. The maximum absolute atomic E-state index is 12.2. The Kier molecular flexibility index (Phi) is 6.38. The van der Waals surface area contributed by atoms with Crippen LogP contribution in [-0.4, -0.2) is 12.1 Å². The first kappa shape index (κ1) is 15.9. The maximum atomic E-state index is 12.2. The van der Waals surface area contributed by atoms with Crippen molar-refractivity contribution in [3.05, 3.63) is 0 Å². The van der Waals surface area contributed by atoms with Crippen LogP contribution in [0.4, 0.5) is 0 Å². The molecule has 0 aromatic rings. The Morgan fingerprint density at radius 1 is 0.900 bits per heavy atom. The van der Waals surface area contributed by atoms with Gasteiger partial charge in [0.25, 0.3) is 0 Å². The molecule has 2 saturated carbocycles. The zero-order valence-corrected chi connectivity index (χ0v) is 13.4. The van der Waals surface area contributed by atoms with Crippen LogP contribution in [0.2, 0.25) is 0 Å². The molecule has 0 amide bonds. The molecule has 2 aliphatic rings. The van der Waals surface area contributed by atoms with E-state index in [1.165, 1.54) is 44.9 Å². The van der Waals surface area contributed by atoms with Gasteiger partial charge in [0.05, 0.1) is 5.92 Å². The number of ether oxygens (including phenoxy) is 1. The van der Waals surface area contributed by atoms with Crippen LogP contribution in [0.15, 0.2) is 0 Å². The van der Waals surface area contributed by atoms with Crippen LogP contribution in [0.5, 0.6) is 0 Å². The molecule has 0 spiro atoms. The monoisotopic (exact) mass is 280 g/mol. The molecule has 2 rings (SSSR count). The third-order valence-corrected chi connectivity index (χ3v) is 5.53. The van der Waals surface area contributed by atoms with Gasteiger partial charge in [0.15, 0.2) is 0 Å². The van der Waals surface area contributed by atoms with Gasteiger partial charge in [0, 0.05) is 0 Å². The number of hydrogen-bond donors (Lipinski definition) is 0. The highest BCUT2D eigenvalue weighted by atomic mass is 16.5. The van der Waals surface area contributed by atoms with E-state index in [-0.39, 0.29) is 18.0 Å². The fourth-order valence-electron chi connectivity index (χ4n) is 4.01. The molecule has 0 radical (unpaired) electrons. The van der Waals surface area contributed by atoms with Crippen molar-refractivity contribution in [3.63, 3.8) is 0 Å². The highest BCUT2D eigenvalue weighted by Crippen LogP contribution is 2.33. The van der Waals surface area contributed by atoms with E-state index < -0.39 is 0 Å². The molecular formula is C18H32O2. The number of rotatable bonds is 5. The van der Waals surface area contributed by atoms with Crippen LogP contribution in [0.1, 0.15) is 84.5 Å². The first-order chi connectivity index (χ1) is 9.72. The van der Waals surface area contributed by atoms with Crippen molar-refractivity contribution in [2.24, 2.45) is 17.8 Å². The quantitative estimate of drug-likeness (QED) is 0.654. The van der Waals surface area contributed by atoms with Gasteiger partial charge in [0.2, 0.25) is 0 Å². The summed E-state index contributed by atoms with van der Waals surface area (Å²) in [5.74, 6) is 2.04. The Morgan fingerprint density at radius 3 is 2.05 bits per heavy atom. The van der Waals surface area contributed by atoms with Crippen molar-refractivity contribution in [3.8, 4) is 0 Å². The van der Waals surface area contributed by atoms with Crippen molar-refractivity contribution in [2.75, 3.05) is 0 Å². The predicted octanol–water partition coefficient (Wildman–Crippen LogP) is 5.10. The van der Waals surface area contributed by atoms with Gasteiger partial charge < -0.3 is 4.74 Å². The second-order valence-corrected chi connectivity index (χ2v) is 6.99. The number of esters is 1. The summed E-state index contributed by atoms with van der Waals surface area (Å²) >= 11 is 0. The smallest absolute Gasteiger partial charge is 0.309 e. The first-order valence-electron chi connectivity index (χ1n) is 8.93. The molecule has 0 heterocycles. The van der Waals surface area contributed by atoms with Crippen molar-refractivity contribution < 1.29 is 9.53 Å². The van der Waals surface area contributed by atoms with Crippen LogP contribution in [0.25, 0.3) is 0 Å². The van der Waals surface area contributed by atoms with Gasteiger partial charge in [-0.25, -0.2) is 0 Å². The lowest BCUT2D eigenvalue weighted by Crippen LogP contribution is -2.30. The summed E-state index contributed by atoms with van der Waals surface area (Å²) in [6.45, 7) is 4.52. The molecule has 0 aliphatic heterocycles. The predicted molar refractivity (Wildman–Crippen MR) is 82.5 cm³/mol. The van der Waals surface area contributed by atoms with E-state index in [2.05, 4.69) is 13.8 Å². The largest absolute Gasteiger partial charge is 0.462 e. The van der Waals surface area contributed by atoms with E-state index >= 15 is 0 Å². The molecule has 2 nitrogen and oxygen atoms in total. The molecular weight excluding hydrogens is 248 g/mol. The number of hydrogen-bond acceptors (Lipinski definition) is 2. The average molecular weight is 280 g/mol. The van der Waals surface area contributed by atoms with Crippen LogP contribution < -0.4 is 0 Å². The topological polar surface area (TPSA) is 26.3 Å². The lowest BCUT2D eigenvalue weighted by Gasteiger charge is -2.31. The van der Waals surface area contributed by atoms with Gasteiger partial charge in [-0.3, -0.25) is 4.79 Å². The zero-order chi connectivity index (χ0) is 14.4. The summed E-state index contributed by atoms with van der Waals surface area (Å²) < 4.78 is 5.79. The Hall–Kier alpha value is -0.530. The van der Waals surface area contributed by atoms with Crippen molar-refractivity contribution in [2.45, 2.75) is 90.6 Å². The summed E-state index contributed by atoms with van der Waals surface area (Å²) in [5.41, 5.74) is 0. The van der Waals surface area contributed by atoms with Gasteiger partial charge in [-0.1, -0.05) is 33.1 Å². The average Bonchev–Trinajstić information content (AvgIpc) is 2.49. The first-order valence-corrected chi connectivity index (χ1v) is 8.93. The van der Waals surface area contributed by atoms with E-state index in [1.807, 2.05) is 0 Å². The molecule has 0 saturated heterocycles. The van der Waals surface area contributed by atoms with E-state index in [1.54, 1.807) is 0 Å². The van der Waals surface area contributed by atoms with E-state index in [0.29, 0.717) is 0 Å². The second-order valence-electron chi connectivity index (χ2n) is 6.99. The zero-order valence-electron chi connectivity index (χ0n) is 13.4. The van der Waals surface area contributed by atoms with E-state index in [9.17, 15) is 4.79 Å². The van der Waals surface area contributed by atoms with Gasteiger partial charge >= 0.3 is 5.97 Å². The Bertz CT molecular complexity index is 284. The summed E-state index contributed by atoms with van der Waals surface area (Å²) in [5, 5.41) is 0. The van der Waals surface area contributed by atoms with Crippen LogP contribution in [-0.2, 0) is 9.53 Å². The van der Waals surface area contributed by atoms with Crippen LogP contribution in [0.3, 0.4) is 0 Å². The minimum atomic E-state index is 0.110. The summed E-state index contributed by atoms with van der Waals surface area (Å²) in [7, 11) is 0. The van der Waals surface area contributed by atoms with Crippen molar-refractivity contribution in [1.82, 2.24) is 0 Å². The third-order valence-electron chi connectivity index (χ3n) is 5.53. The van der Waals surface area contributed by atoms with E-state index in [0.717, 1.165) is 37.5 Å². The third kappa shape index (κ3) is 4.49. The molecule has 2 fully saturated rings. The molecule has 0 unspecified atom stereocenters. The lowest BCUT2D eigenvalue weighted by molar-refractivity contribution is -0.157. The summed E-state index contributed by atoms with van der Waals surface area (Å²) in [6, 6.07) is 0. The van der Waals surface area contributed by atoms with Gasteiger partial charge in [0.1, 0.15) is 6.10 Å². The number of carbonyl (C=O) groups excluding carboxylic acids is 1. The maximum Gasteiger partial charge on any atom is 0.309 e. The molecule has 0 N–H and O–H groups in total. The minimum absolute atomic E-state index is 0.110. The van der Waals surface area contributed by atoms with Crippen LogP contribution >= 0.6 is 0 Å². The fourth-order valence-corrected chi connectivity index (χ4v) is 4.01. The Balaban J connectivity index is 1.68. The molecule has 2 aliphatic carbocycles. The van der Waals surface area contributed by atoms with Gasteiger partial charge in [-0.2, -0.15) is 0 Å².